The number of nitriles is 1. The zero-order valence-electron chi connectivity index (χ0n) is 19.8. The summed E-state index contributed by atoms with van der Waals surface area (Å²) in [5, 5.41) is 16.4. The molecule has 0 spiro atoms. The Bertz CT molecular complexity index is 1220. The third kappa shape index (κ3) is 6.18. The number of amides is 2. The van der Waals surface area contributed by atoms with Crippen LogP contribution in [-0.4, -0.2) is 63.8 Å². The van der Waals surface area contributed by atoms with Gasteiger partial charge in [-0.05, 0) is 36.2 Å². The average molecular weight is 544 g/mol. The van der Waals surface area contributed by atoms with Gasteiger partial charge < -0.3 is 14.5 Å². The fourth-order valence-corrected chi connectivity index (χ4v) is 4.24. The van der Waals surface area contributed by atoms with E-state index in [-0.39, 0.29) is 37.3 Å². The topological polar surface area (TPSA) is 103 Å². The van der Waals surface area contributed by atoms with Gasteiger partial charge in [0, 0.05) is 32.7 Å². The lowest BCUT2D eigenvalue weighted by atomic mass is 10.1. The Morgan fingerprint density at radius 1 is 1.03 bits per heavy atom. The number of hydrogen-bond acceptors (Lipinski definition) is 6. The molecule has 1 saturated heterocycles. The van der Waals surface area contributed by atoms with E-state index in [4.69, 9.17) is 10.00 Å². The molecular weight excluding hydrogens is 522 g/mol. The van der Waals surface area contributed by atoms with Gasteiger partial charge in [-0.2, -0.15) is 36.7 Å². The molecule has 1 aromatic heterocycles. The van der Waals surface area contributed by atoms with Crippen LogP contribution in [0.5, 0.6) is 0 Å². The number of carbonyl (C=O) groups excluding carboxylic acids is 2. The average Bonchev–Trinajstić information content (AvgIpc) is 3.16. The van der Waals surface area contributed by atoms with Crippen molar-refractivity contribution in [1.82, 2.24) is 24.9 Å². The number of piperazine rings is 1. The van der Waals surface area contributed by atoms with E-state index >= 15 is 0 Å². The summed E-state index contributed by atoms with van der Waals surface area (Å²) in [7, 11) is 0. The molecule has 1 fully saturated rings. The van der Waals surface area contributed by atoms with Gasteiger partial charge >= 0.3 is 18.4 Å². The largest absolute Gasteiger partial charge is 0.445 e. The molecule has 1 aromatic carbocycles. The van der Waals surface area contributed by atoms with Crippen LogP contribution in [0.25, 0.3) is 0 Å². The van der Waals surface area contributed by atoms with Crippen molar-refractivity contribution < 1.29 is 40.7 Å². The predicted molar refractivity (Wildman–Crippen MR) is 117 cm³/mol. The number of benzene rings is 1. The lowest BCUT2D eigenvalue weighted by molar-refractivity contribution is -0.143. The number of ether oxygens (including phenoxy) is 1. The van der Waals surface area contributed by atoms with E-state index in [9.17, 15) is 35.9 Å². The van der Waals surface area contributed by atoms with Crippen molar-refractivity contribution in [1.29, 1.82) is 5.26 Å². The van der Waals surface area contributed by atoms with E-state index in [0.717, 1.165) is 0 Å². The smallest absolute Gasteiger partial charge is 0.416 e. The van der Waals surface area contributed by atoms with Gasteiger partial charge in [0.25, 0.3) is 5.91 Å². The summed E-state index contributed by atoms with van der Waals surface area (Å²) in [6.07, 6.45) is -10.5. The maximum atomic E-state index is 13.1. The number of hydrogen-bond donors (Lipinski definition) is 1. The molecule has 0 saturated carbocycles. The standard InChI is InChI=1S/C23H22F6N6O3/c24-22(25,26)15-6-14(7-16(8-15)23(27,28)29)13-38-21(37)34-3-1-4-35-18(12-34)9-19(32-35)20(36)33-5-2-31-17(10-30)11-33/h6-9,17,31H,1-5,11-13H2. The second kappa shape index (κ2) is 10.5. The van der Waals surface area contributed by atoms with E-state index in [1.807, 2.05) is 0 Å². The molecule has 3 heterocycles. The van der Waals surface area contributed by atoms with Gasteiger partial charge in [0.2, 0.25) is 0 Å². The van der Waals surface area contributed by atoms with E-state index in [2.05, 4.69) is 16.5 Å². The van der Waals surface area contributed by atoms with Crippen molar-refractivity contribution in [2.45, 2.75) is 44.5 Å². The predicted octanol–water partition coefficient (Wildman–Crippen LogP) is 3.40. The summed E-state index contributed by atoms with van der Waals surface area (Å²) in [6.45, 7) is 0.783. The van der Waals surface area contributed by atoms with Crippen LogP contribution in [0.4, 0.5) is 31.1 Å². The molecule has 2 amide bonds. The normalized spacial score (nSPS) is 18.4. The summed E-state index contributed by atoms with van der Waals surface area (Å²) < 4.78 is 85.2. The first kappa shape index (κ1) is 27.2. The SMILES string of the molecule is N#CC1CN(C(=O)c2cc3n(n2)CCCN(C(=O)OCc2cc(C(F)(F)F)cc(C(F)(F)F)c2)C3)CCN1. The molecule has 0 aliphatic carbocycles. The zero-order valence-corrected chi connectivity index (χ0v) is 19.8. The van der Waals surface area contributed by atoms with Crippen LogP contribution in [-0.2, 0) is 36.8 Å². The highest BCUT2D eigenvalue weighted by atomic mass is 19.4. The quantitative estimate of drug-likeness (QED) is 0.595. The number of nitrogens with one attached hydrogen (secondary N) is 1. The van der Waals surface area contributed by atoms with E-state index < -0.39 is 47.8 Å². The van der Waals surface area contributed by atoms with E-state index in [1.54, 1.807) is 4.68 Å². The Morgan fingerprint density at radius 3 is 2.34 bits per heavy atom. The third-order valence-electron chi connectivity index (χ3n) is 6.12. The molecule has 15 heteroatoms. The number of aromatic nitrogens is 2. The van der Waals surface area contributed by atoms with Gasteiger partial charge in [-0.15, -0.1) is 0 Å². The summed E-state index contributed by atoms with van der Waals surface area (Å²) >= 11 is 0. The Kier molecular flexibility index (Phi) is 7.54. The summed E-state index contributed by atoms with van der Waals surface area (Å²) in [6, 6.07) is 4.09. The van der Waals surface area contributed by atoms with Crippen molar-refractivity contribution in [3.05, 3.63) is 52.3 Å². The fraction of sp³-hybridized carbons (Fsp3) is 0.478. The van der Waals surface area contributed by atoms with Gasteiger partial charge in [-0.1, -0.05) is 0 Å². The second-order valence-electron chi connectivity index (χ2n) is 8.87. The highest BCUT2D eigenvalue weighted by Crippen LogP contribution is 2.36. The number of halogens is 6. The third-order valence-corrected chi connectivity index (χ3v) is 6.12. The summed E-state index contributed by atoms with van der Waals surface area (Å²) in [5.74, 6) is -0.369. The minimum Gasteiger partial charge on any atom is -0.445 e. The van der Waals surface area contributed by atoms with Crippen LogP contribution in [0.3, 0.4) is 0 Å². The number of nitrogens with zero attached hydrogens (tertiary/aromatic N) is 5. The maximum Gasteiger partial charge on any atom is 0.416 e. The lowest BCUT2D eigenvalue weighted by Crippen LogP contribution is -2.52. The van der Waals surface area contributed by atoms with Crippen LogP contribution < -0.4 is 5.32 Å². The monoisotopic (exact) mass is 544 g/mol. The van der Waals surface area contributed by atoms with Crippen molar-refractivity contribution in [2.24, 2.45) is 0 Å². The fourth-order valence-electron chi connectivity index (χ4n) is 4.24. The Hall–Kier alpha value is -3.80. The first-order valence-electron chi connectivity index (χ1n) is 11.5. The van der Waals surface area contributed by atoms with Crippen LogP contribution in [0.15, 0.2) is 24.3 Å². The number of alkyl halides is 6. The van der Waals surface area contributed by atoms with Crippen molar-refractivity contribution in [3.63, 3.8) is 0 Å². The highest BCUT2D eigenvalue weighted by Gasteiger charge is 2.37. The molecule has 9 nitrogen and oxygen atoms in total. The summed E-state index contributed by atoms with van der Waals surface area (Å²) in [4.78, 5) is 28.3. The molecule has 0 bridgehead atoms. The van der Waals surface area contributed by atoms with Crippen molar-refractivity contribution >= 4 is 12.0 Å². The minimum absolute atomic E-state index is 0.00102. The molecule has 4 rings (SSSR count). The molecule has 1 N–H and O–H groups in total. The van der Waals surface area contributed by atoms with Crippen molar-refractivity contribution in [2.75, 3.05) is 26.2 Å². The van der Waals surface area contributed by atoms with Crippen LogP contribution in [0, 0.1) is 11.3 Å². The zero-order chi connectivity index (χ0) is 27.7. The molecular formula is C23H22F6N6O3. The maximum absolute atomic E-state index is 13.1. The Labute approximate surface area is 212 Å². The van der Waals surface area contributed by atoms with E-state index in [0.29, 0.717) is 43.9 Å². The Morgan fingerprint density at radius 2 is 1.71 bits per heavy atom. The molecule has 38 heavy (non-hydrogen) atoms. The molecule has 0 radical (unpaired) electrons. The molecule has 2 aliphatic rings. The first-order chi connectivity index (χ1) is 17.8. The number of aryl methyl sites for hydroxylation is 1. The number of rotatable bonds is 3. The lowest BCUT2D eigenvalue weighted by Gasteiger charge is -2.29. The number of fused-ring (bicyclic) bond motifs is 1. The molecule has 2 aromatic rings. The first-order valence-corrected chi connectivity index (χ1v) is 11.5. The van der Waals surface area contributed by atoms with Crippen LogP contribution in [0.2, 0.25) is 0 Å². The second-order valence-corrected chi connectivity index (χ2v) is 8.87. The van der Waals surface area contributed by atoms with Gasteiger partial charge in [0.15, 0.2) is 5.69 Å². The molecule has 204 valence electrons. The molecule has 2 aliphatic heterocycles. The molecule has 1 unspecified atom stereocenters. The summed E-state index contributed by atoms with van der Waals surface area (Å²) in [5.41, 5.74) is -2.81. The minimum atomic E-state index is -5.02. The van der Waals surface area contributed by atoms with Gasteiger partial charge in [0.1, 0.15) is 12.6 Å². The van der Waals surface area contributed by atoms with Crippen LogP contribution >= 0.6 is 0 Å². The van der Waals surface area contributed by atoms with Gasteiger partial charge in [-0.25, -0.2) is 4.79 Å². The highest BCUT2D eigenvalue weighted by molar-refractivity contribution is 5.92. The number of carbonyl (C=O) groups is 2. The van der Waals surface area contributed by atoms with Crippen molar-refractivity contribution in [3.8, 4) is 6.07 Å². The van der Waals surface area contributed by atoms with Crippen LogP contribution in [0.1, 0.15) is 39.3 Å². The molecule has 1 atom stereocenters. The van der Waals surface area contributed by atoms with E-state index in [1.165, 1.54) is 15.9 Å². The van der Waals surface area contributed by atoms with Gasteiger partial charge in [-0.3, -0.25) is 14.8 Å². The Balaban J connectivity index is 1.44. The van der Waals surface area contributed by atoms with Gasteiger partial charge in [0.05, 0.1) is 29.4 Å².